The van der Waals surface area contributed by atoms with Crippen molar-refractivity contribution in [2.75, 3.05) is 31.6 Å². The fourth-order valence-electron chi connectivity index (χ4n) is 6.08. The molecule has 5 aromatic rings. The minimum absolute atomic E-state index is 0.934. The number of hydrogen-bond acceptors (Lipinski definition) is 4. The molecule has 3 aromatic carbocycles. The Morgan fingerprint density at radius 1 is 0.919 bits per heavy atom. The third-order valence-corrected chi connectivity index (χ3v) is 9.03. The van der Waals surface area contributed by atoms with E-state index in [9.17, 15) is 0 Å². The molecule has 0 radical (unpaired) electrons. The lowest BCUT2D eigenvalue weighted by Gasteiger charge is -2.28. The van der Waals surface area contributed by atoms with Crippen molar-refractivity contribution in [3.05, 3.63) is 89.1 Å². The summed E-state index contributed by atoms with van der Waals surface area (Å²) in [5.74, 6) is 0.958. The van der Waals surface area contributed by atoms with Crippen LogP contribution in [0, 0.1) is 0 Å². The van der Waals surface area contributed by atoms with Gasteiger partial charge in [-0.1, -0.05) is 60.2 Å². The van der Waals surface area contributed by atoms with Gasteiger partial charge in [0, 0.05) is 54.4 Å². The second-order valence-corrected chi connectivity index (χ2v) is 11.3. The van der Waals surface area contributed by atoms with Crippen LogP contribution < -0.4 is 9.47 Å². The van der Waals surface area contributed by atoms with Gasteiger partial charge in [0.1, 0.15) is 10.3 Å². The number of thiazole rings is 1. The molecule has 0 saturated carbocycles. The van der Waals surface area contributed by atoms with E-state index in [2.05, 4.69) is 100 Å². The van der Waals surface area contributed by atoms with Crippen LogP contribution >= 0.6 is 11.3 Å². The van der Waals surface area contributed by atoms with Gasteiger partial charge in [0.15, 0.2) is 12.3 Å². The van der Waals surface area contributed by atoms with Crippen molar-refractivity contribution >= 4 is 55.5 Å². The van der Waals surface area contributed by atoms with E-state index in [1.807, 2.05) is 11.3 Å². The van der Waals surface area contributed by atoms with Gasteiger partial charge in [-0.25, -0.2) is 0 Å². The molecule has 4 heterocycles. The van der Waals surface area contributed by atoms with Gasteiger partial charge >= 0.3 is 0 Å². The molecule has 37 heavy (non-hydrogen) atoms. The quantitative estimate of drug-likeness (QED) is 0.231. The van der Waals surface area contributed by atoms with Crippen molar-refractivity contribution in [1.29, 1.82) is 0 Å². The van der Waals surface area contributed by atoms with Crippen molar-refractivity contribution in [3.63, 3.8) is 0 Å². The fourth-order valence-corrected chi connectivity index (χ4v) is 7.21. The average Bonchev–Trinajstić information content (AvgIpc) is 3.50. The Morgan fingerprint density at radius 2 is 1.70 bits per heavy atom. The van der Waals surface area contributed by atoms with Gasteiger partial charge in [0.2, 0.25) is 5.52 Å². The maximum absolute atomic E-state index is 6.56. The first-order valence-electron chi connectivity index (χ1n) is 13.5. The van der Waals surface area contributed by atoms with Gasteiger partial charge in [-0.15, -0.1) is 0 Å². The first kappa shape index (κ1) is 22.8. The van der Waals surface area contributed by atoms with Crippen molar-refractivity contribution in [1.82, 2.24) is 4.90 Å². The van der Waals surface area contributed by atoms with E-state index in [1.165, 1.54) is 65.4 Å². The minimum atomic E-state index is 0.934. The highest BCUT2D eigenvalue weighted by Gasteiger charge is 2.31. The van der Waals surface area contributed by atoms with Gasteiger partial charge in [0.05, 0.1) is 5.69 Å². The van der Waals surface area contributed by atoms with E-state index >= 15 is 0 Å². The van der Waals surface area contributed by atoms with Crippen LogP contribution in [0.15, 0.2) is 77.2 Å². The van der Waals surface area contributed by atoms with E-state index in [-0.39, 0.29) is 0 Å². The molecule has 0 N–H and O–H groups in total. The SMILES string of the molecule is CN1c2ccccc2C(=Cc2sc3ccccc3[n+]2CCCN2CCCCC2)c2oc3ccccc3c21. The molecule has 0 bridgehead atoms. The van der Waals surface area contributed by atoms with Crippen molar-refractivity contribution in [2.45, 2.75) is 32.2 Å². The number of furan rings is 1. The number of benzene rings is 3. The summed E-state index contributed by atoms with van der Waals surface area (Å²) in [6.07, 6.45) is 7.62. The largest absolute Gasteiger partial charge is 0.454 e. The zero-order valence-corrected chi connectivity index (χ0v) is 22.1. The highest BCUT2D eigenvalue weighted by Crippen LogP contribution is 2.49. The number of rotatable bonds is 5. The molecule has 2 aliphatic heterocycles. The number of anilines is 2. The summed E-state index contributed by atoms with van der Waals surface area (Å²) < 4.78 is 10.4. The van der Waals surface area contributed by atoms with Gasteiger partial charge < -0.3 is 14.2 Å². The maximum atomic E-state index is 6.56. The predicted molar refractivity (Wildman–Crippen MR) is 155 cm³/mol. The summed E-state index contributed by atoms with van der Waals surface area (Å²) >= 11 is 1.88. The summed E-state index contributed by atoms with van der Waals surface area (Å²) in [5.41, 5.74) is 7.00. The summed E-state index contributed by atoms with van der Waals surface area (Å²) in [4.78, 5) is 4.93. The molecule has 0 unspecified atom stereocenters. The lowest BCUT2D eigenvalue weighted by molar-refractivity contribution is -0.669. The Hall–Kier alpha value is -3.41. The third-order valence-electron chi connectivity index (χ3n) is 7.91. The number of likely N-dealkylation sites (tertiary alicyclic amines) is 1. The Bertz CT molecular complexity index is 1620. The third kappa shape index (κ3) is 3.97. The van der Waals surface area contributed by atoms with E-state index in [0.29, 0.717) is 0 Å². The van der Waals surface area contributed by atoms with Crippen LogP contribution in [0.1, 0.15) is 42.0 Å². The fraction of sp³-hybridized carbons (Fsp3) is 0.281. The molecular weight excluding hydrogens is 474 g/mol. The standard InChI is InChI=1S/C32H32N3OS/c1-33-26-14-5-3-12-23(26)25(32-31(33)24-13-4-7-16-28(24)36-32)22-30-35(27-15-6-8-17-29(27)37-30)21-11-20-34-18-9-2-10-19-34/h3-8,12-17,22H,2,9-11,18-21H2,1H3/q+1. The van der Waals surface area contributed by atoms with Gasteiger partial charge in [-0.05, 0) is 50.2 Å². The Labute approximate surface area is 222 Å². The molecule has 4 nitrogen and oxygen atoms in total. The number of fused-ring (bicyclic) bond motifs is 5. The number of hydrogen-bond donors (Lipinski definition) is 0. The molecule has 1 fully saturated rings. The molecule has 7 rings (SSSR count). The molecular formula is C32H32N3OS+. The van der Waals surface area contributed by atoms with Crippen LogP contribution in [0.4, 0.5) is 11.4 Å². The summed E-state index contributed by atoms with van der Waals surface area (Å²) in [6, 6.07) is 25.9. The second kappa shape index (κ2) is 9.47. The van der Waals surface area contributed by atoms with E-state index < -0.39 is 0 Å². The molecule has 0 amide bonds. The van der Waals surface area contributed by atoms with Crippen LogP contribution in [-0.2, 0) is 6.54 Å². The molecule has 5 heteroatoms. The molecule has 186 valence electrons. The number of para-hydroxylation sites is 3. The lowest BCUT2D eigenvalue weighted by Crippen LogP contribution is -2.38. The highest BCUT2D eigenvalue weighted by molar-refractivity contribution is 7.18. The molecule has 0 spiro atoms. The number of piperidine rings is 1. The summed E-state index contributed by atoms with van der Waals surface area (Å²) in [6.45, 7) is 4.71. The molecule has 0 atom stereocenters. The maximum Gasteiger partial charge on any atom is 0.263 e. The zero-order chi connectivity index (χ0) is 24.8. The summed E-state index contributed by atoms with van der Waals surface area (Å²) in [7, 11) is 2.15. The smallest absolute Gasteiger partial charge is 0.263 e. The normalized spacial score (nSPS) is 17.0. The van der Waals surface area contributed by atoms with Crippen molar-refractivity contribution in [2.24, 2.45) is 0 Å². The first-order valence-corrected chi connectivity index (χ1v) is 14.3. The lowest BCUT2D eigenvalue weighted by atomic mass is 9.94. The van der Waals surface area contributed by atoms with Crippen LogP contribution in [0.25, 0.3) is 32.8 Å². The Kier molecular flexibility index (Phi) is 5.83. The van der Waals surface area contributed by atoms with Crippen LogP contribution in [0.2, 0.25) is 0 Å². The number of aryl methyl sites for hydroxylation is 1. The zero-order valence-electron chi connectivity index (χ0n) is 21.3. The van der Waals surface area contributed by atoms with E-state index in [4.69, 9.17) is 4.42 Å². The van der Waals surface area contributed by atoms with Gasteiger partial charge in [0.25, 0.3) is 5.01 Å². The second-order valence-electron chi connectivity index (χ2n) is 10.2. The van der Waals surface area contributed by atoms with Gasteiger partial charge in [-0.3, -0.25) is 0 Å². The molecule has 1 saturated heterocycles. The number of aromatic nitrogens is 1. The molecule has 2 aromatic heterocycles. The van der Waals surface area contributed by atoms with Crippen LogP contribution in [0.5, 0.6) is 0 Å². The Balaban J connectivity index is 1.35. The van der Waals surface area contributed by atoms with Crippen LogP contribution in [-0.4, -0.2) is 31.6 Å². The van der Waals surface area contributed by atoms with E-state index in [1.54, 1.807) is 0 Å². The average molecular weight is 507 g/mol. The topological polar surface area (TPSA) is 23.5 Å². The van der Waals surface area contributed by atoms with E-state index in [0.717, 1.165) is 41.0 Å². The monoisotopic (exact) mass is 506 g/mol. The summed E-state index contributed by atoms with van der Waals surface area (Å²) in [5, 5.41) is 2.44. The van der Waals surface area contributed by atoms with Crippen LogP contribution in [0.3, 0.4) is 0 Å². The molecule has 2 aliphatic rings. The first-order chi connectivity index (χ1) is 18.3. The highest BCUT2D eigenvalue weighted by atomic mass is 32.1. The van der Waals surface area contributed by atoms with Gasteiger partial charge in [-0.2, -0.15) is 4.57 Å². The van der Waals surface area contributed by atoms with Crippen molar-refractivity contribution < 1.29 is 8.98 Å². The number of nitrogens with zero attached hydrogens (tertiary/aromatic N) is 3. The Morgan fingerprint density at radius 3 is 2.62 bits per heavy atom. The van der Waals surface area contributed by atoms with Crippen molar-refractivity contribution in [3.8, 4) is 0 Å². The minimum Gasteiger partial charge on any atom is -0.454 e. The molecule has 0 aliphatic carbocycles. The predicted octanol–water partition coefficient (Wildman–Crippen LogP) is 7.48.